The Hall–Kier alpha value is -0.860. The molecular weight excluding hydrogens is 256 g/mol. The van der Waals surface area contributed by atoms with Gasteiger partial charge in [0.2, 0.25) is 0 Å². The number of nitrogens with zero attached hydrogens (tertiary/aromatic N) is 1. The minimum atomic E-state index is 0.577. The highest BCUT2D eigenvalue weighted by Crippen LogP contribution is 2.36. The number of rotatable bonds is 5. The Kier molecular flexibility index (Phi) is 5.32. The van der Waals surface area contributed by atoms with Crippen LogP contribution in [0.5, 0.6) is 0 Å². The Labute approximate surface area is 129 Å². The molecule has 116 valence electrons. The summed E-state index contributed by atoms with van der Waals surface area (Å²) in [7, 11) is 0. The van der Waals surface area contributed by atoms with Gasteiger partial charge in [-0.1, -0.05) is 49.6 Å². The lowest BCUT2D eigenvalue weighted by Gasteiger charge is -2.44. The highest BCUT2D eigenvalue weighted by atomic mass is 15.2. The molecule has 1 heterocycles. The first-order valence-corrected chi connectivity index (χ1v) is 8.85. The zero-order valence-electron chi connectivity index (χ0n) is 13.2. The van der Waals surface area contributed by atoms with Crippen molar-refractivity contribution in [1.29, 1.82) is 0 Å². The second-order valence-electron chi connectivity index (χ2n) is 7.00. The Balaban J connectivity index is 1.53. The summed E-state index contributed by atoms with van der Waals surface area (Å²) < 4.78 is 0. The molecule has 0 bridgehead atoms. The van der Waals surface area contributed by atoms with Crippen LogP contribution in [0.15, 0.2) is 30.3 Å². The molecule has 21 heavy (non-hydrogen) atoms. The van der Waals surface area contributed by atoms with Gasteiger partial charge < -0.3 is 5.73 Å². The van der Waals surface area contributed by atoms with E-state index < -0.39 is 0 Å². The van der Waals surface area contributed by atoms with E-state index in [-0.39, 0.29) is 0 Å². The Morgan fingerprint density at radius 2 is 1.81 bits per heavy atom. The Morgan fingerprint density at radius 1 is 1.05 bits per heavy atom. The van der Waals surface area contributed by atoms with Gasteiger partial charge in [-0.25, -0.2) is 0 Å². The number of hydrogen-bond donors (Lipinski definition) is 1. The molecule has 0 radical (unpaired) electrons. The Bertz CT molecular complexity index is 417. The quantitative estimate of drug-likeness (QED) is 0.898. The van der Waals surface area contributed by atoms with E-state index in [1.807, 2.05) is 0 Å². The average Bonchev–Trinajstić information content (AvgIpc) is 2.56. The zero-order valence-corrected chi connectivity index (χ0v) is 13.2. The standard InChI is InChI=1S/C19H30N2/c20-14-19(11-10-16-6-2-1-3-7-16)21-13-12-17-8-4-5-9-18(17)15-21/h1-3,6-7,17-19H,4-5,8-15,20H2. The van der Waals surface area contributed by atoms with Crippen LogP contribution in [-0.4, -0.2) is 30.6 Å². The highest BCUT2D eigenvalue weighted by molar-refractivity contribution is 5.14. The number of likely N-dealkylation sites (tertiary alicyclic amines) is 1. The van der Waals surface area contributed by atoms with Crippen molar-refractivity contribution >= 4 is 0 Å². The minimum absolute atomic E-state index is 0.577. The smallest absolute Gasteiger partial charge is 0.0221 e. The SMILES string of the molecule is NCC(CCc1ccccc1)N1CCC2CCCCC2C1. The maximum atomic E-state index is 6.09. The van der Waals surface area contributed by atoms with Gasteiger partial charge in [-0.3, -0.25) is 4.90 Å². The van der Waals surface area contributed by atoms with Crippen molar-refractivity contribution in [3.05, 3.63) is 35.9 Å². The molecule has 1 aromatic rings. The summed E-state index contributed by atoms with van der Waals surface area (Å²) >= 11 is 0. The van der Waals surface area contributed by atoms with Crippen LogP contribution >= 0.6 is 0 Å². The van der Waals surface area contributed by atoms with Gasteiger partial charge in [0, 0.05) is 19.1 Å². The molecule has 1 aromatic carbocycles. The molecule has 2 N–H and O–H groups in total. The monoisotopic (exact) mass is 286 g/mol. The first kappa shape index (κ1) is 15.1. The van der Waals surface area contributed by atoms with E-state index in [0.29, 0.717) is 6.04 Å². The fourth-order valence-corrected chi connectivity index (χ4v) is 4.39. The van der Waals surface area contributed by atoms with E-state index in [9.17, 15) is 0 Å². The summed E-state index contributed by atoms with van der Waals surface area (Å²) in [6.45, 7) is 3.39. The molecule has 1 saturated heterocycles. The van der Waals surface area contributed by atoms with Gasteiger partial charge in [-0.05, 0) is 49.6 Å². The molecule has 2 aliphatic rings. The van der Waals surface area contributed by atoms with E-state index in [1.165, 1.54) is 57.2 Å². The maximum absolute atomic E-state index is 6.09. The number of benzene rings is 1. The second-order valence-corrected chi connectivity index (χ2v) is 7.00. The first-order valence-electron chi connectivity index (χ1n) is 8.85. The third kappa shape index (κ3) is 3.87. The summed E-state index contributed by atoms with van der Waals surface area (Å²) in [5.74, 6) is 1.97. The van der Waals surface area contributed by atoms with E-state index in [0.717, 1.165) is 24.8 Å². The molecule has 2 nitrogen and oxygen atoms in total. The van der Waals surface area contributed by atoms with Crippen LogP contribution in [0.25, 0.3) is 0 Å². The van der Waals surface area contributed by atoms with Crippen LogP contribution in [-0.2, 0) is 6.42 Å². The lowest BCUT2D eigenvalue weighted by atomic mass is 9.74. The zero-order chi connectivity index (χ0) is 14.5. The second kappa shape index (κ2) is 7.42. The van der Waals surface area contributed by atoms with E-state index in [1.54, 1.807) is 0 Å². The van der Waals surface area contributed by atoms with Gasteiger partial charge in [0.15, 0.2) is 0 Å². The number of aryl methyl sites for hydroxylation is 1. The van der Waals surface area contributed by atoms with Gasteiger partial charge in [0.25, 0.3) is 0 Å². The van der Waals surface area contributed by atoms with Crippen LogP contribution in [0.2, 0.25) is 0 Å². The highest BCUT2D eigenvalue weighted by Gasteiger charge is 2.33. The minimum Gasteiger partial charge on any atom is -0.329 e. The van der Waals surface area contributed by atoms with Gasteiger partial charge in [0.1, 0.15) is 0 Å². The predicted octanol–water partition coefficient (Wildman–Crippen LogP) is 3.46. The number of piperidine rings is 1. The van der Waals surface area contributed by atoms with Gasteiger partial charge >= 0.3 is 0 Å². The molecule has 1 aliphatic carbocycles. The van der Waals surface area contributed by atoms with Crippen LogP contribution < -0.4 is 5.73 Å². The third-order valence-electron chi connectivity index (χ3n) is 5.72. The average molecular weight is 286 g/mol. The van der Waals surface area contributed by atoms with Crippen molar-refractivity contribution in [2.24, 2.45) is 17.6 Å². The van der Waals surface area contributed by atoms with Crippen LogP contribution in [0.3, 0.4) is 0 Å². The van der Waals surface area contributed by atoms with E-state index in [4.69, 9.17) is 5.73 Å². The first-order chi connectivity index (χ1) is 10.4. The topological polar surface area (TPSA) is 29.3 Å². The predicted molar refractivity (Wildman–Crippen MR) is 89.2 cm³/mol. The molecule has 0 aromatic heterocycles. The van der Waals surface area contributed by atoms with Crippen LogP contribution in [0.4, 0.5) is 0 Å². The molecule has 3 rings (SSSR count). The van der Waals surface area contributed by atoms with E-state index in [2.05, 4.69) is 35.2 Å². The van der Waals surface area contributed by atoms with Crippen molar-refractivity contribution < 1.29 is 0 Å². The summed E-state index contributed by atoms with van der Waals surface area (Å²) in [6.07, 6.45) is 9.63. The van der Waals surface area contributed by atoms with Crippen molar-refractivity contribution in [3.8, 4) is 0 Å². The van der Waals surface area contributed by atoms with Gasteiger partial charge in [0.05, 0.1) is 0 Å². The van der Waals surface area contributed by atoms with Crippen LogP contribution in [0, 0.1) is 11.8 Å². The van der Waals surface area contributed by atoms with Crippen molar-refractivity contribution in [2.75, 3.05) is 19.6 Å². The summed E-state index contributed by atoms with van der Waals surface area (Å²) in [5.41, 5.74) is 7.54. The van der Waals surface area contributed by atoms with E-state index >= 15 is 0 Å². The molecule has 1 aliphatic heterocycles. The summed E-state index contributed by atoms with van der Waals surface area (Å²) in [5, 5.41) is 0. The van der Waals surface area contributed by atoms with Crippen molar-refractivity contribution in [1.82, 2.24) is 4.90 Å². The lowest BCUT2D eigenvalue weighted by Crippen LogP contribution is -2.49. The number of nitrogens with two attached hydrogens (primary N) is 1. The van der Waals surface area contributed by atoms with Crippen molar-refractivity contribution in [3.63, 3.8) is 0 Å². The lowest BCUT2D eigenvalue weighted by molar-refractivity contribution is 0.0564. The molecule has 2 heteroatoms. The maximum Gasteiger partial charge on any atom is 0.0221 e. The molecule has 1 saturated carbocycles. The van der Waals surface area contributed by atoms with Crippen molar-refractivity contribution in [2.45, 2.75) is 51.0 Å². The Morgan fingerprint density at radius 3 is 2.57 bits per heavy atom. The fourth-order valence-electron chi connectivity index (χ4n) is 4.39. The summed E-state index contributed by atoms with van der Waals surface area (Å²) in [4.78, 5) is 2.70. The largest absolute Gasteiger partial charge is 0.329 e. The normalized spacial score (nSPS) is 28.0. The summed E-state index contributed by atoms with van der Waals surface area (Å²) in [6, 6.07) is 11.4. The molecule has 0 amide bonds. The van der Waals surface area contributed by atoms with Gasteiger partial charge in [-0.15, -0.1) is 0 Å². The molecular formula is C19H30N2. The number of fused-ring (bicyclic) bond motifs is 1. The third-order valence-corrected chi connectivity index (χ3v) is 5.72. The molecule has 2 fully saturated rings. The molecule has 3 unspecified atom stereocenters. The molecule has 0 spiro atoms. The number of hydrogen-bond acceptors (Lipinski definition) is 2. The molecule has 3 atom stereocenters. The fraction of sp³-hybridized carbons (Fsp3) is 0.684. The van der Waals surface area contributed by atoms with Crippen LogP contribution in [0.1, 0.15) is 44.1 Å². The van der Waals surface area contributed by atoms with Gasteiger partial charge in [-0.2, -0.15) is 0 Å².